The van der Waals surface area contributed by atoms with Crippen LogP contribution in [0.2, 0.25) is 0 Å². The fourth-order valence-corrected chi connectivity index (χ4v) is 2.85. The first-order chi connectivity index (χ1) is 9.12. The molecule has 0 aromatic carbocycles. The lowest BCUT2D eigenvalue weighted by Gasteiger charge is -2.27. The van der Waals surface area contributed by atoms with Crippen LogP contribution in [0.25, 0.3) is 0 Å². The van der Waals surface area contributed by atoms with Crippen LogP contribution in [0, 0.1) is 0 Å². The predicted octanol–water partition coefficient (Wildman–Crippen LogP) is 5.38. The van der Waals surface area contributed by atoms with Gasteiger partial charge < -0.3 is 0 Å². The average Bonchev–Trinajstić information content (AvgIpc) is 2.82. The fraction of sp³-hybridized carbons (Fsp3) is 0.867. The van der Waals surface area contributed by atoms with Crippen LogP contribution in [0.4, 0.5) is 0 Å². The van der Waals surface area contributed by atoms with Crippen LogP contribution in [0.5, 0.6) is 0 Å². The topological polar surface area (TPSA) is 41.6 Å². The summed E-state index contributed by atoms with van der Waals surface area (Å²) in [5, 5.41) is 7.24. The molecule has 1 rings (SSSR count). The Kier molecular flexibility index (Phi) is 7.66. The third-order valence-corrected chi connectivity index (χ3v) is 4.30. The highest BCUT2D eigenvalue weighted by Gasteiger charge is 2.29. The zero-order chi connectivity index (χ0) is 14.1. The van der Waals surface area contributed by atoms with Crippen molar-refractivity contribution in [1.29, 1.82) is 0 Å². The number of hydrogen-bond acceptors (Lipinski definition) is 2. The first-order valence-electron chi connectivity index (χ1n) is 7.70. The van der Waals surface area contributed by atoms with Gasteiger partial charge in [0.1, 0.15) is 5.82 Å². The monoisotopic (exact) mass is 329 g/mol. The normalized spacial score (nSPS) is 14.5. The molecule has 1 N–H and O–H groups in total. The summed E-state index contributed by atoms with van der Waals surface area (Å²) in [6.45, 7) is 6.85. The van der Waals surface area contributed by atoms with E-state index in [0.29, 0.717) is 4.73 Å². The molecule has 0 amide bonds. The third-order valence-electron chi connectivity index (χ3n) is 3.94. The molecular weight excluding hydrogens is 302 g/mol. The summed E-state index contributed by atoms with van der Waals surface area (Å²) in [6, 6.07) is 0. The molecule has 3 nitrogen and oxygen atoms in total. The average molecular weight is 330 g/mol. The smallest absolute Gasteiger partial charge is 0.217 e. The van der Waals surface area contributed by atoms with Crippen LogP contribution in [0.1, 0.15) is 84.4 Å². The third kappa shape index (κ3) is 5.64. The van der Waals surface area contributed by atoms with E-state index < -0.39 is 0 Å². The van der Waals surface area contributed by atoms with Gasteiger partial charge in [0.15, 0.2) is 0 Å². The van der Waals surface area contributed by atoms with Crippen molar-refractivity contribution in [3.05, 3.63) is 10.6 Å². The Bertz CT molecular complexity index is 351. The zero-order valence-corrected chi connectivity index (χ0v) is 14.2. The molecule has 0 bridgehead atoms. The van der Waals surface area contributed by atoms with Gasteiger partial charge in [-0.25, -0.2) is 4.98 Å². The van der Waals surface area contributed by atoms with E-state index in [1.54, 1.807) is 0 Å². The number of hydrogen-bond donors (Lipinski definition) is 1. The van der Waals surface area contributed by atoms with Crippen molar-refractivity contribution in [2.45, 2.75) is 84.0 Å². The summed E-state index contributed by atoms with van der Waals surface area (Å²) in [5.74, 6) is 1.05. The van der Waals surface area contributed by atoms with E-state index in [0.717, 1.165) is 5.82 Å². The molecule has 0 aliphatic carbocycles. The molecule has 110 valence electrons. The van der Waals surface area contributed by atoms with Gasteiger partial charge in [-0.3, -0.25) is 5.10 Å². The van der Waals surface area contributed by atoms with Crippen LogP contribution < -0.4 is 0 Å². The highest BCUT2D eigenvalue weighted by molar-refractivity contribution is 9.10. The standard InChI is InChI=1S/C15H28BrN3/c1-4-6-8-10-12-15(3,11-9-7-5-2)13-17-14(16)19-18-13/h4-12H2,1-3H3,(H,17,18,19). The minimum atomic E-state index is 0.155. The minimum absolute atomic E-state index is 0.155. The lowest BCUT2D eigenvalue weighted by molar-refractivity contribution is 0.348. The number of nitrogens with zero attached hydrogens (tertiary/aromatic N) is 2. The highest BCUT2D eigenvalue weighted by atomic mass is 79.9. The maximum Gasteiger partial charge on any atom is 0.217 e. The number of aromatic amines is 1. The second kappa shape index (κ2) is 8.72. The number of H-pyrrole nitrogens is 1. The van der Waals surface area contributed by atoms with Gasteiger partial charge in [-0.2, -0.15) is 0 Å². The van der Waals surface area contributed by atoms with E-state index in [1.165, 1.54) is 57.8 Å². The molecule has 0 saturated carbocycles. The quantitative estimate of drug-likeness (QED) is 0.586. The van der Waals surface area contributed by atoms with Gasteiger partial charge in [-0.1, -0.05) is 65.7 Å². The highest BCUT2D eigenvalue weighted by Crippen LogP contribution is 2.33. The van der Waals surface area contributed by atoms with Gasteiger partial charge in [0.25, 0.3) is 0 Å². The maximum absolute atomic E-state index is 4.51. The van der Waals surface area contributed by atoms with Gasteiger partial charge in [-0.15, -0.1) is 5.10 Å². The van der Waals surface area contributed by atoms with Gasteiger partial charge >= 0.3 is 0 Å². The van der Waals surface area contributed by atoms with Crippen molar-refractivity contribution in [2.75, 3.05) is 0 Å². The second-order valence-corrected chi connectivity index (χ2v) is 6.49. The fourth-order valence-electron chi connectivity index (χ4n) is 2.58. The Hall–Kier alpha value is -0.380. The lowest BCUT2D eigenvalue weighted by Crippen LogP contribution is -2.24. The Balaban J connectivity index is 2.60. The molecule has 1 atom stereocenters. The van der Waals surface area contributed by atoms with Gasteiger partial charge in [-0.05, 0) is 28.8 Å². The van der Waals surface area contributed by atoms with E-state index in [4.69, 9.17) is 0 Å². The van der Waals surface area contributed by atoms with Crippen molar-refractivity contribution in [2.24, 2.45) is 0 Å². The van der Waals surface area contributed by atoms with E-state index in [2.05, 4.69) is 51.9 Å². The summed E-state index contributed by atoms with van der Waals surface area (Å²) < 4.78 is 0.678. The van der Waals surface area contributed by atoms with Gasteiger partial charge in [0.2, 0.25) is 4.73 Å². The predicted molar refractivity (Wildman–Crippen MR) is 84.3 cm³/mol. The molecule has 4 heteroatoms. The molecule has 1 unspecified atom stereocenters. The van der Waals surface area contributed by atoms with E-state index in [1.807, 2.05) is 0 Å². The maximum atomic E-state index is 4.51. The molecule has 1 aromatic heterocycles. The molecule has 19 heavy (non-hydrogen) atoms. The van der Waals surface area contributed by atoms with E-state index in [-0.39, 0.29) is 5.41 Å². The number of unbranched alkanes of at least 4 members (excludes halogenated alkanes) is 5. The number of nitrogens with one attached hydrogen (secondary N) is 1. The first kappa shape index (κ1) is 16.7. The van der Waals surface area contributed by atoms with E-state index in [9.17, 15) is 0 Å². The van der Waals surface area contributed by atoms with Gasteiger partial charge in [0.05, 0.1) is 0 Å². The van der Waals surface area contributed by atoms with E-state index >= 15 is 0 Å². The Morgan fingerprint density at radius 1 is 1.00 bits per heavy atom. The molecule has 0 radical (unpaired) electrons. The Morgan fingerprint density at radius 3 is 2.11 bits per heavy atom. The summed E-state index contributed by atoms with van der Waals surface area (Å²) in [7, 11) is 0. The molecule has 0 fully saturated rings. The summed E-state index contributed by atoms with van der Waals surface area (Å²) in [6.07, 6.45) is 11.5. The van der Waals surface area contributed by atoms with Crippen LogP contribution in [0.15, 0.2) is 4.73 Å². The van der Waals surface area contributed by atoms with Crippen molar-refractivity contribution in [3.63, 3.8) is 0 Å². The van der Waals surface area contributed by atoms with Crippen molar-refractivity contribution < 1.29 is 0 Å². The largest absolute Gasteiger partial charge is 0.262 e. The summed E-state index contributed by atoms with van der Waals surface area (Å²) >= 11 is 3.35. The molecule has 0 saturated heterocycles. The number of rotatable bonds is 10. The first-order valence-corrected chi connectivity index (χ1v) is 8.50. The van der Waals surface area contributed by atoms with Crippen LogP contribution >= 0.6 is 15.9 Å². The molecular formula is C15H28BrN3. The number of halogens is 1. The van der Waals surface area contributed by atoms with Crippen molar-refractivity contribution in [1.82, 2.24) is 15.2 Å². The van der Waals surface area contributed by atoms with Crippen molar-refractivity contribution >= 4 is 15.9 Å². The summed E-state index contributed by atoms with van der Waals surface area (Å²) in [4.78, 5) is 4.51. The SMILES string of the molecule is CCCCCCC(C)(CCCCC)c1nc(Br)n[nH]1. The zero-order valence-electron chi connectivity index (χ0n) is 12.6. The van der Waals surface area contributed by atoms with Crippen LogP contribution in [-0.2, 0) is 5.41 Å². The molecule has 0 spiro atoms. The van der Waals surface area contributed by atoms with Gasteiger partial charge in [0, 0.05) is 5.41 Å². The molecule has 1 heterocycles. The Morgan fingerprint density at radius 2 is 1.58 bits per heavy atom. The molecule has 0 aliphatic heterocycles. The lowest BCUT2D eigenvalue weighted by atomic mass is 9.79. The van der Waals surface area contributed by atoms with Crippen LogP contribution in [-0.4, -0.2) is 15.2 Å². The number of aromatic nitrogens is 3. The van der Waals surface area contributed by atoms with Crippen molar-refractivity contribution in [3.8, 4) is 0 Å². The molecule has 1 aromatic rings. The summed E-state index contributed by atoms with van der Waals surface area (Å²) in [5.41, 5.74) is 0.155. The Labute approximate surface area is 126 Å². The van der Waals surface area contributed by atoms with Crippen LogP contribution in [0.3, 0.4) is 0 Å². The second-order valence-electron chi connectivity index (χ2n) is 5.78. The minimum Gasteiger partial charge on any atom is -0.262 e. The molecule has 0 aliphatic rings.